The molecule has 0 aliphatic heterocycles. The molecule has 1 atom stereocenters. The lowest BCUT2D eigenvalue weighted by atomic mass is 10.1. The average molecular weight is 611 g/mol. The summed E-state index contributed by atoms with van der Waals surface area (Å²) in [6, 6.07) is 16.4. The summed E-state index contributed by atoms with van der Waals surface area (Å²) in [5.74, 6) is -0.998. The molecule has 208 valence electrons. The first kappa shape index (κ1) is 30.8. The molecule has 0 aromatic heterocycles. The molecule has 0 fully saturated rings. The number of anilines is 1. The van der Waals surface area contributed by atoms with E-state index >= 15 is 0 Å². The zero-order valence-corrected chi connectivity index (χ0v) is 25.1. The third kappa shape index (κ3) is 7.88. The van der Waals surface area contributed by atoms with Crippen LogP contribution in [0.25, 0.3) is 0 Å². The zero-order valence-electron chi connectivity index (χ0n) is 22.0. The summed E-state index contributed by atoms with van der Waals surface area (Å²) in [7, 11) is -4.26. The van der Waals surface area contributed by atoms with Crippen molar-refractivity contribution in [3.63, 3.8) is 0 Å². The highest BCUT2D eigenvalue weighted by atomic mass is 35.5. The Morgan fingerprint density at radius 1 is 0.897 bits per heavy atom. The number of nitrogens with one attached hydrogen (secondary N) is 1. The fourth-order valence-electron chi connectivity index (χ4n) is 3.85. The first-order valence-corrected chi connectivity index (χ1v) is 14.8. The third-order valence-corrected chi connectivity index (χ3v) is 8.47. The lowest BCUT2D eigenvalue weighted by Crippen LogP contribution is -2.52. The second kappa shape index (κ2) is 13.0. The minimum atomic E-state index is -4.26. The summed E-state index contributed by atoms with van der Waals surface area (Å²) < 4.78 is 28.7. The van der Waals surface area contributed by atoms with Gasteiger partial charge in [0, 0.05) is 22.6 Å². The van der Waals surface area contributed by atoms with E-state index < -0.39 is 28.5 Å². The van der Waals surface area contributed by atoms with Gasteiger partial charge in [-0.3, -0.25) is 13.9 Å². The van der Waals surface area contributed by atoms with Crippen molar-refractivity contribution in [1.82, 2.24) is 10.2 Å². The number of carbonyl (C=O) groups is 2. The highest BCUT2D eigenvalue weighted by Crippen LogP contribution is 2.33. The van der Waals surface area contributed by atoms with Crippen LogP contribution in [0.3, 0.4) is 0 Å². The van der Waals surface area contributed by atoms with Crippen molar-refractivity contribution in [2.75, 3.05) is 10.8 Å². The van der Waals surface area contributed by atoms with Crippen LogP contribution in [0.5, 0.6) is 0 Å². The molecule has 0 aliphatic rings. The molecule has 11 heteroatoms. The molecule has 3 rings (SSSR count). The fraction of sp³-hybridized carbons (Fsp3) is 0.286. The summed E-state index contributed by atoms with van der Waals surface area (Å²) in [5.41, 5.74) is 1.59. The van der Waals surface area contributed by atoms with Crippen LogP contribution in [-0.2, 0) is 26.2 Å². The second-order valence-corrected chi connectivity index (χ2v) is 12.6. The molecule has 0 heterocycles. The van der Waals surface area contributed by atoms with Crippen molar-refractivity contribution in [1.29, 1.82) is 0 Å². The monoisotopic (exact) mass is 609 g/mol. The summed E-state index contributed by atoms with van der Waals surface area (Å²) in [4.78, 5) is 28.2. The van der Waals surface area contributed by atoms with E-state index in [1.165, 1.54) is 35.2 Å². The Hall–Kier alpha value is -2.78. The normalized spacial score (nSPS) is 12.2. The van der Waals surface area contributed by atoms with Gasteiger partial charge in [-0.05, 0) is 75.7 Å². The summed E-state index contributed by atoms with van der Waals surface area (Å²) in [6.07, 6.45) is 0. The Bertz CT molecular complexity index is 1450. The van der Waals surface area contributed by atoms with Crippen molar-refractivity contribution >= 4 is 62.3 Å². The van der Waals surface area contributed by atoms with Gasteiger partial charge in [0.05, 0.1) is 15.6 Å². The molecule has 0 saturated carbocycles. The molecular formula is C28H30Cl3N3O4S. The molecule has 39 heavy (non-hydrogen) atoms. The first-order valence-electron chi connectivity index (χ1n) is 12.2. The van der Waals surface area contributed by atoms with Crippen LogP contribution < -0.4 is 9.62 Å². The molecule has 3 aromatic rings. The second-order valence-electron chi connectivity index (χ2n) is 9.41. The van der Waals surface area contributed by atoms with Gasteiger partial charge in [0.1, 0.15) is 12.6 Å². The molecule has 0 bridgehead atoms. The predicted molar refractivity (Wildman–Crippen MR) is 157 cm³/mol. The maximum atomic E-state index is 13.9. The Labute approximate surface area is 244 Å². The fourth-order valence-corrected chi connectivity index (χ4v) is 5.92. The lowest BCUT2D eigenvalue weighted by Gasteiger charge is -2.32. The van der Waals surface area contributed by atoms with E-state index in [4.69, 9.17) is 34.8 Å². The van der Waals surface area contributed by atoms with Crippen LogP contribution in [-0.4, -0.2) is 43.8 Å². The van der Waals surface area contributed by atoms with Crippen LogP contribution in [0.15, 0.2) is 71.6 Å². The smallest absolute Gasteiger partial charge is 0.264 e. The number of nitrogens with zero attached hydrogens (tertiary/aromatic N) is 2. The standard InChI is InChI=1S/C28H30Cl3N3O4S/c1-18(2)32-28(36)20(4)33(16-21-6-5-7-22(29)14-21)27(35)17-34(26-15-23(30)10-13-25(26)31)39(37,38)24-11-8-19(3)9-12-24/h5-15,18,20H,16-17H2,1-4H3,(H,32,36)/t20-/m0/s1. The van der Waals surface area contributed by atoms with E-state index in [2.05, 4.69) is 5.32 Å². The molecule has 0 radical (unpaired) electrons. The average Bonchev–Trinajstić information content (AvgIpc) is 2.86. The van der Waals surface area contributed by atoms with E-state index in [1.807, 2.05) is 20.8 Å². The molecule has 0 saturated heterocycles. The van der Waals surface area contributed by atoms with E-state index in [-0.39, 0.29) is 39.1 Å². The number of aryl methyl sites for hydroxylation is 1. The maximum absolute atomic E-state index is 13.9. The number of carbonyl (C=O) groups excluding carboxylic acids is 2. The number of rotatable bonds is 10. The minimum Gasteiger partial charge on any atom is -0.352 e. The van der Waals surface area contributed by atoms with Crippen LogP contribution in [0.4, 0.5) is 5.69 Å². The summed E-state index contributed by atoms with van der Waals surface area (Å²) in [6.45, 7) is 6.44. The van der Waals surface area contributed by atoms with E-state index in [0.717, 1.165) is 9.87 Å². The van der Waals surface area contributed by atoms with Gasteiger partial charge in [0.2, 0.25) is 11.8 Å². The quantitative estimate of drug-likeness (QED) is 0.301. The van der Waals surface area contributed by atoms with Crippen molar-refractivity contribution in [2.24, 2.45) is 0 Å². The van der Waals surface area contributed by atoms with Crippen molar-refractivity contribution in [2.45, 2.75) is 51.2 Å². The maximum Gasteiger partial charge on any atom is 0.264 e. The molecule has 2 amide bonds. The molecule has 1 N–H and O–H groups in total. The predicted octanol–water partition coefficient (Wildman–Crippen LogP) is 6.09. The van der Waals surface area contributed by atoms with Crippen LogP contribution in [0.1, 0.15) is 31.9 Å². The summed E-state index contributed by atoms with van der Waals surface area (Å²) >= 11 is 18.8. The first-order chi connectivity index (χ1) is 18.3. The molecule has 0 unspecified atom stereocenters. The van der Waals surface area contributed by atoms with Gasteiger partial charge in [-0.1, -0.05) is 64.6 Å². The SMILES string of the molecule is Cc1ccc(S(=O)(=O)N(CC(=O)N(Cc2cccc(Cl)c2)[C@@H](C)C(=O)NC(C)C)c2cc(Cl)ccc2Cl)cc1. The Morgan fingerprint density at radius 3 is 2.15 bits per heavy atom. The van der Waals surface area contributed by atoms with Crippen LogP contribution in [0.2, 0.25) is 15.1 Å². The number of benzene rings is 3. The van der Waals surface area contributed by atoms with Gasteiger partial charge in [-0.2, -0.15) is 0 Å². The Morgan fingerprint density at radius 2 is 1.54 bits per heavy atom. The number of amides is 2. The molecule has 0 aliphatic carbocycles. The highest BCUT2D eigenvalue weighted by Gasteiger charge is 2.33. The zero-order chi connectivity index (χ0) is 28.9. The van der Waals surface area contributed by atoms with Gasteiger partial charge >= 0.3 is 0 Å². The van der Waals surface area contributed by atoms with Crippen molar-refractivity contribution < 1.29 is 18.0 Å². The van der Waals surface area contributed by atoms with Gasteiger partial charge in [0.15, 0.2) is 0 Å². The van der Waals surface area contributed by atoms with Gasteiger partial charge in [-0.25, -0.2) is 8.42 Å². The van der Waals surface area contributed by atoms with Gasteiger partial charge in [-0.15, -0.1) is 0 Å². The van der Waals surface area contributed by atoms with Crippen LogP contribution in [0, 0.1) is 6.92 Å². The highest BCUT2D eigenvalue weighted by molar-refractivity contribution is 7.92. The lowest BCUT2D eigenvalue weighted by molar-refractivity contribution is -0.139. The number of hydrogen-bond donors (Lipinski definition) is 1. The molecule has 0 spiro atoms. The van der Waals surface area contributed by atoms with Crippen molar-refractivity contribution in [3.05, 3.63) is 92.9 Å². The molecule has 3 aromatic carbocycles. The van der Waals surface area contributed by atoms with E-state index in [1.54, 1.807) is 43.3 Å². The Balaban J connectivity index is 2.08. The summed E-state index contributed by atoms with van der Waals surface area (Å²) in [5, 5.41) is 3.61. The number of sulfonamides is 1. The van der Waals surface area contributed by atoms with E-state index in [9.17, 15) is 18.0 Å². The third-order valence-electron chi connectivity index (χ3n) is 5.90. The topological polar surface area (TPSA) is 86.8 Å². The minimum absolute atomic E-state index is 0.0216. The molecular weight excluding hydrogens is 581 g/mol. The Kier molecular flexibility index (Phi) is 10.3. The largest absolute Gasteiger partial charge is 0.352 e. The molecule has 7 nitrogen and oxygen atoms in total. The van der Waals surface area contributed by atoms with E-state index in [0.29, 0.717) is 10.6 Å². The van der Waals surface area contributed by atoms with Gasteiger partial charge in [0.25, 0.3) is 10.0 Å². The van der Waals surface area contributed by atoms with Gasteiger partial charge < -0.3 is 10.2 Å². The van der Waals surface area contributed by atoms with Crippen molar-refractivity contribution in [3.8, 4) is 0 Å². The number of hydrogen-bond acceptors (Lipinski definition) is 4. The van der Waals surface area contributed by atoms with Crippen LogP contribution >= 0.6 is 34.8 Å². The number of halogens is 3.